The second kappa shape index (κ2) is 5.29. The third-order valence-electron chi connectivity index (χ3n) is 3.26. The number of carbonyl (C=O) groups excluding carboxylic acids is 1. The summed E-state index contributed by atoms with van der Waals surface area (Å²) in [6.45, 7) is 5.60. The van der Waals surface area contributed by atoms with Gasteiger partial charge in [-0.05, 0) is 36.6 Å². The second-order valence-electron chi connectivity index (χ2n) is 4.80. The van der Waals surface area contributed by atoms with Crippen LogP contribution in [0.25, 0.3) is 0 Å². The van der Waals surface area contributed by atoms with Crippen molar-refractivity contribution in [2.75, 3.05) is 13.1 Å². The van der Waals surface area contributed by atoms with Crippen molar-refractivity contribution in [1.29, 1.82) is 0 Å². The average molecular weight is 233 g/mol. The number of nitrogens with two attached hydrogens (primary N) is 1. The summed E-state index contributed by atoms with van der Waals surface area (Å²) in [7, 11) is 0. The third-order valence-corrected chi connectivity index (χ3v) is 3.26. The summed E-state index contributed by atoms with van der Waals surface area (Å²) in [5.41, 5.74) is 3.98. The van der Waals surface area contributed by atoms with E-state index in [-0.39, 0.29) is 5.91 Å². The zero-order chi connectivity index (χ0) is 12.3. The summed E-state index contributed by atoms with van der Waals surface area (Å²) in [6, 6.07) is 7.62. The largest absolute Gasteiger partial charge is 0.299 e. The number of amides is 1. The minimum Gasteiger partial charge on any atom is -0.299 e. The molecule has 1 atom stereocenters. The van der Waals surface area contributed by atoms with Crippen molar-refractivity contribution in [1.82, 2.24) is 10.3 Å². The average Bonchev–Trinajstić information content (AvgIpc) is 2.75. The van der Waals surface area contributed by atoms with Gasteiger partial charge in [-0.1, -0.05) is 19.1 Å². The Morgan fingerprint density at radius 2 is 2.18 bits per heavy atom. The summed E-state index contributed by atoms with van der Waals surface area (Å²) in [4.78, 5) is 13.7. The van der Waals surface area contributed by atoms with Crippen LogP contribution in [0.4, 0.5) is 0 Å². The quantitative estimate of drug-likeness (QED) is 0.467. The summed E-state index contributed by atoms with van der Waals surface area (Å²) in [6.07, 6.45) is 1.29. The zero-order valence-electron chi connectivity index (χ0n) is 10.1. The van der Waals surface area contributed by atoms with Crippen LogP contribution in [0.15, 0.2) is 24.3 Å². The highest BCUT2D eigenvalue weighted by Gasteiger charge is 2.18. The standard InChI is InChI=1S/C13H19N3O/c1-10-6-7-16(8-10)9-11-2-4-12(5-3-11)13(17)15-14/h2-5,10H,6-9,14H2,1H3,(H,15,17). The number of hydrogen-bond donors (Lipinski definition) is 2. The maximum absolute atomic E-state index is 11.3. The van der Waals surface area contributed by atoms with Crippen LogP contribution >= 0.6 is 0 Å². The van der Waals surface area contributed by atoms with Gasteiger partial charge in [0.1, 0.15) is 0 Å². The van der Waals surface area contributed by atoms with Gasteiger partial charge in [0, 0.05) is 18.7 Å². The van der Waals surface area contributed by atoms with Gasteiger partial charge in [0.2, 0.25) is 0 Å². The van der Waals surface area contributed by atoms with Crippen molar-refractivity contribution in [2.45, 2.75) is 19.9 Å². The monoisotopic (exact) mass is 233 g/mol. The van der Waals surface area contributed by atoms with Crippen LogP contribution in [0.2, 0.25) is 0 Å². The maximum Gasteiger partial charge on any atom is 0.265 e. The summed E-state index contributed by atoms with van der Waals surface area (Å²) >= 11 is 0. The number of hydrogen-bond acceptors (Lipinski definition) is 3. The summed E-state index contributed by atoms with van der Waals surface area (Å²) in [5.74, 6) is 5.64. The van der Waals surface area contributed by atoms with Crippen molar-refractivity contribution >= 4 is 5.91 Å². The van der Waals surface area contributed by atoms with Crippen LogP contribution < -0.4 is 11.3 Å². The molecule has 92 valence electrons. The SMILES string of the molecule is CC1CCN(Cc2ccc(C(=O)NN)cc2)C1. The van der Waals surface area contributed by atoms with Crippen molar-refractivity contribution in [3.05, 3.63) is 35.4 Å². The highest BCUT2D eigenvalue weighted by Crippen LogP contribution is 2.17. The molecule has 1 fully saturated rings. The van der Waals surface area contributed by atoms with Gasteiger partial charge in [-0.3, -0.25) is 15.1 Å². The van der Waals surface area contributed by atoms with Gasteiger partial charge < -0.3 is 0 Å². The van der Waals surface area contributed by atoms with Crippen LogP contribution in [-0.2, 0) is 6.54 Å². The lowest BCUT2D eigenvalue weighted by Gasteiger charge is -2.15. The number of rotatable bonds is 3. The lowest BCUT2D eigenvalue weighted by molar-refractivity contribution is 0.0953. The van der Waals surface area contributed by atoms with Crippen LogP contribution in [0.1, 0.15) is 29.3 Å². The fourth-order valence-corrected chi connectivity index (χ4v) is 2.27. The van der Waals surface area contributed by atoms with E-state index in [9.17, 15) is 4.79 Å². The van der Waals surface area contributed by atoms with E-state index in [4.69, 9.17) is 5.84 Å². The fourth-order valence-electron chi connectivity index (χ4n) is 2.27. The van der Waals surface area contributed by atoms with Gasteiger partial charge in [-0.15, -0.1) is 0 Å². The first-order chi connectivity index (χ1) is 8.19. The molecule has 0 spiro atoms. The van der Waals surface area contributed by atoms with Gasteiger partial charge in [-0.2, -0.15) is 0 Å². The highest BCUT2D eigenvalue weighted by atomic mass is 16.2. The predicted octanol–water partition coefficient (Wildman–Crippen LogP) is 1.13. The maximum atomic E-state index is 11.3. The second-order valence-corrected chi connectivity index (χ2v) is 4.80. The van der Waals surface area contributed by atoms with E-state index in [1.54, 1.807) is 0 Å². The molecule has 1 aromatic rings. The van der Waals surface area contributed by atoms with Crippen molar-refractivity contribution in [3.8, 4) is 0 Å². The zero-order valence-corrected chi connectivity index (χ0v) is 10.1. The van der Waals surface area contributed by atoms with Crippen molar-refractivity contribution in [2.24, 2.45) is 11.8 Å². The Hall–Kier alpha value is -1.39. The van der Waals surface area contributed by atoms with E-state index in [1.165, 1.54) is 25.1 Å². The molecule has 3 N–H and O–H groups in total. The molecule has 1 saturated heterocycles. The minimum absolute atomic E-state index is 0.244. The predicted molar refractivity (Wildman–Crippen MR) is 67.2 cm³/mol. The number of nitrogens with one attached hydrogen (secondary N) is 1. The molecule has 1 amide bonds. The molecular formula is C13H19N3O. The van der Waals surface area contributed by atoms with E-state index in [2.05, 4.69) is 17.2 Å². The van der Waals surface area contributed by atoms with Gasteiger partial charge in [0.05, 0.1) is 0 Å². The first-order valence-corrected chi connectivity index (χ1v) is 6.01. The molecule has 0 bridgehead atoms. The molecule has 17 heavy (non-hydrogen) atoms. The van der Waals surface area contributed by atoms with Crippen LogP contribution in [0, 0.1) is 5.92 Å². The highest BCUT2D eigenvalue weighted by molar-refractivity contribution is 5.93. The molecule has 0 saturated carbocycles. The van der Waals surface area contributed by atoms with Crippen molar-refractivity contribution < 1.29 is 4.79 Å². The number of likely N-dealkylation sites (tertiary alicyclic amines) is 1. The molecule has 1 aliphatic heterocycles. The van der Waals surface area contributed by atoms with Gasteiger partial charge in [0.25, 0.3) is 5.91 Å². The summed E-state index contributed by atoms with van der Waals surface area (Å²) < 4.78 is 0. The van der Waals surface area contributed by atoms with Crippen molar-refractivity contribution in [3.63, 3.8) is 0 Å². The minimum atomic E-state index is -0.244. The Kier molecular flexibility index (Phi) is 3.76. The van der Waals surface area contributed by atoms with E-state index < -0.39 is 0 Å². The molecule has 1 aromatic carbocycles. The number of hydrazine groups is 1. The molecule has 1 unspecified atom stereocenters. The number of nitrogens with zero attached hydrogens (tertiary/aromatic N) is 1. The Morgan fingerprint density at radius 3 is 2.71 bits per heavy atom. The first-order valence-electron chi connectivity index (χ1n) is 6.01. The molecule has 4 heteroatoms. The van der Waals surface area contributed by atoms with Gasteiger partial charge in [0.15, 0.2) is 0 Å². The van der Waals surface area contributed by atoms with E-state index >= 15 is 0 Å². The topological polar surface area (TPSA) is 58.4 Å². The third kappa shape index (κ3) is 3.05. The lowest BCUT2D eigenvalue weighted by Crippen LogP contribution is -2.29. The number of carbonyl (C=O) groups is 1. The van der Waals surface area contributed by atoms with Crippen LogP contribution in [0.5, 0.6) is 0 Å². The normalized spacial score (nSPS) is 20.5. The fraction of sp³-hybridized carbons (Fsp3) is 0.462. The molecule has 1 heterocycles. The first kappa shape index (κ1) is 12.1. The number of benzene rings is 1. The molecule has 0 aliphatic carbocycles. The number of nitrogen functional groups attached to an aromatic ring is 1. The molecule has 4 nitrogen and oxygen atoms in total. The Balaban J connectivity index is 1.96. The molecule has 0 aromatic heterocycles. The van der Waals surface area contributed by atoms with E-state index in [1.807, 2.05) is 24.3 Å². The molecular weight excluding hydrogens is 214 g/mol. The van der Waals surface area contributed by atoms with E-state index in [0.717, 1.165) is 12.5 Å². The Labute approximate surface area is 102 Å². The molecule has 0 radical (unpaired) electrons. The Morgan fingerprint density at radius 1 is 1.47 bits per heavy atom. The van der Waals surface area contributed by atoms with Gasteiger partial charge in [-0.25, -0.2) is 5.84 Å². The van der Waals surface area contributed by atoms with Crippen LogP contribution in [-0.4, -0.2) is 23.9 Å². The van der Waals surface area contributed by atoms with E-state index in [0.29, 0.717) is 5.56 Å². The van der Waals surface area contributed by atoms with Gasteiger partial charge >= 0.3 is 0 Å². The van der Waals surface area contributed by atoms with Crippen LogP contribution in [0.3, 0.4) is 0 Å². The molecule has 2 rings (SSSR count). The summed E-state index contributed by atoms with van der Waals surface area (Å²) in [5, 5.41) is 0. The lowest BCUT2D eigenvalue weighted by atomic mass is 10.1. The molecule has 1 aliphatic rings. The Bertz CT molecular complexity index is 388. The smallest absolute Gasteiger partial charge is 0.265 e.